The Morgan fingerprint density at radius 3 is 2.84 bits per heavy atom. The summed E-state index contributed by atoms with van der Waals surface area (Å²) in [5.41, 5.74) is 1.90. The molecule has 1 aromatic carbocycles. The molecule has 19 heavy (non-hydrogen) atoms. The number of halogens is 1. The van der Waals surface area contributed by atoms with E-state index in [1.165, 1.54) is 13.0 Å². The fourth-order valence-corrected chi connectivity index (χ4v) is 1.69. The number of anilines is 2. The molecule has 1 amide bonds. The van der Waals surface area contributed by atoms with Crippen molar-refractivity contribution in [1.29, 1.82) is 0 Å². The highest BCUT2D eigenvalue weighted by atomic mass is 19.1. The molecule has 0 unspecified atom stereocenters. The first-order chi connectivity index (χ1) is 9.06. The Balaban J connectivity index is 2.08. The van der Waals surface area contributed by atoms with Gasteiger partial charge in [-0.3, -0.25) is 9.48 Å². The molecule has 2 rings (SSSR count). The van der Waals surface area contributed by atoms with Crippen LogP contribution in [0.25, 0.3) is 0 Å². The van der Waals surface area contributed by atoms with Crippen molar-refractivity contribution in [3.05, 3.63) is 42.0 Å². The SMILES string of the molecule is CC(=O)Nc1cc(NCc2ccnn2C)ccc1F. The summed E-state index contributed by atoms with van der Waals surface area (Å²) < 4.78 is 15.2. The molecule has 0 aliphatic carbocycles. The van der Waals surface area contributed by atoms with E-state index in [1.54, 1.807) is 23.0 Å². The lowest BCUT2D eigenvalue weighted by Gasteiger charge is -2.10. The second-order valence-electron chi connectivity index (χ2n) is 4.18. The Bertz CT molecular complexity index is 594. The lowest BCUT2D eigenvalue weighted by molar-refractivity contribution is -0.114. The van der Waals surface area contributed by atoms with E-state index in [0.717, 1.165) is 11.4 Å². The van der Waals surface area contributed by atoms with Gasteiger partial charge in [-0.2, -0.15) is 5.10 Å². The van der Waals surface area contributed by atoms with Crippen molar-refractivity contribution in [3.8, 4) is 0 Å². The van der Waals surface area contributed by atoms with Crippen LogP contribution in [0.1, 0.15) is 12.6 Å². The van der Waals surface area contributed by atoms with Crippen molar-refractivity contribution in [1.82, 2.24) is 9.78 Å². The van der Waals surface area contributed by atoms with Crippen LogP contribution in [0.2, 0.25) is 0 Å². The maximum absolute atomic E-state index is 13.5. The van der Waals surface area contributed by atoms with Crippen molar-refractivity contribution < 1.29 is 9.18 Å². The number of rotatable bonds is 4. The van der Waals surface area contributed by atoms with E-state index in [1.807, 2.05) is 13.1 Å². The Morgan fingerprint density at radius 1 is 1.42 bits per heavy atom. The molecule has 6 heteroatoms. The molecule has 0 bridgehead atoms. The van der Waals surface area contributed by atoms with Gasteiger partial charge in [-0.15, -0.1) is 0 Å². The summed E-state index contributed by atoms with van der Waals surface area (Å²) >= 11 is 0. The molecule has 0 saturated carbocycles. The number of hydrogen-bond donors (Lipinski definition) is 2. The molecule has 0 atom stereocenters. The lowest BCUT2D eigenvalue weighted by atomic mass is 10.2. The minimum Gasteiger partial charge on any atom is -0.379 e. The van der Waals surface area contributed by atoms with Gasteiger partial charge in [0.15, 0.2) is 0 Å². The van der Waals surface area contributed by atoms with Crippen molar-refractivity contribution in [2.24, 2.45) is 7.05 Å². The zero-order valence-corrected chi connectivity index (χ0v) is 10.8. The number of benzene rings is 1. The summed E-state index contributed by atoms with van der Waals surface area (Å²) in [5, 5.41) is 9.66. The van der Waals surface area contributed by atoms with E-state index >= 15 is 0 Å². The molecule has 0 radical (unpaired) electrons. The molecule has 2 aromatic rings. The minimum absolute atomic E-state index is 0.169. The average molecular weight is 262 g/mol. The molecule has 0 fully saturated rings. The first kappa shape index (κ1) is 13.1. The van der Waals surface area contributed by atoms with E-state index in [-0.39, 0.29) is 11.6 Å². The number of aromatic nitrogens is 2. The number of amides is 1. The Labute approximate surface area is 110 Å². The van der Waals surface area contributed by atoms with Crippen LogP contribution in [0.3, 0.4) is 0 Å². The quantitative estimate of drug-likeness (QED) is 0.887. The molecule has 1 heterocycles. The summed E-state index contributed by atoms with van der Waals surface area (Å²) in [5.74, 6) is -0.760. The number of aryl methyl sites for hydroxylation is 1. The zero-order chi connectivity index (χ0) is 13.8. The van der Waals surface area contributed by atoms with Crippen LogP contribution in [0, 0.1) is 5.82 Å². The molecule has 0 saturated heterocycles. The van der Waals surface area contributed by atoms with Gasteiger partial charge in [-0.1, -0.05) is 0 Å². The van der Waals surface area contributed by atoms with Gasteiger partial charge in [0.2, 0.25) is 5.91 Å². The highest BCUT2D eigenvalue weighted by Crippen LogP contribution is 2.20. The van der Waals surface area contributed by atoms with Gasteiger partial charge in [0, 0.05) is 25.9 Å². The van der Waals surface area contributed by atoms with Crippen molar-refractivity contribution >= 4 is 17.3 Å². The number of nitrogens with one attached hydrogen (secondary N) is 2. The largest absolute Gasteiger partial charge is 0.379 e. The Kier molecular flexibility index (Phi) is 3.79. The topological polar surface area (TPSA) is 59.0 Å². The van der Waals surface area contributed by atoms with Gasteiger partial charge in [0.25, 0.3) is 0 Å². The highest BCUT2D eigenvalue weighted by molar-refractivity contribution is 5.89. The second-order valence-corrected chi connectivity index (χ2v) is 4.18. The average Bonchev–Trinajstić information content (AvgIpc) is 2.75. The van der Waals surface area contributed by atoms with Crippen LogP contribution in [0.15, 0.2) is 30.5 Å². The minimum atomic E-state index is -0.457. The van der Waals surface area contributed by atoms with Crippen LogP contribution in [-0.2, 0) is 18.4 Å². The van der Waals surface area contributed by atoms with E-state index in [9.17, 15) is 9.18 Å². The third kappa shape index (κ3) is 3.31. The maximum atomic E-state index is 13.5. The van der Waals surface area contributed by atoms with Crippen LogP contribution in [0.5, 0.6) is 0 Å². The zero-order valence-electron chi connectivity index (χ0n) is 10.8. The monoisotopic (exact) mass is 262 g/mol. The third-order valence-electron chi connectivity index (χ3n) is 2.67. The van der Waals surface area contributed by atoms with Crippen molar-refractivity contribution in [2.75, 3.05) is 10.6 Å². The van der Waals surface area contributed by atoms with Crippen LogP contribution in [-0.4, -0.2) is 15.7 Å². The Hall–Kier alpha value is -2.37. The predicted molar refractivity (Wildman–Crippen MR) is 71.2 cm³/mol. The van der Waals surface area contributed by atoms with Crippen LogP contribution < -0.4 is 10.6 Å². The number of hydrogen-bond acceptors (Lipinski definition) is 3. The smallest absolute Gasteiger partial charge is 0.221 e. The number of carbonyl (C=O) groups excluding carboxylic acids is 1. The normalized spacial score (nSPS) is 10.3. The third-order valence-corrected chi connectivity index (χ3v) is 2.67. The van der Waals surface area contributed by atoms with Gasteiger partial charge in [-0.05, 0) is 24.3 Å². The predicted octanol–water partition coefficient (Wildman–Crippen LogP) is 2.13. The maximum Gasteiger partial charge on any atom is 0.221 e. The lowest BCUT2D eigenvalue weighted by Crippen LogP contribution is -2.09. The summed E-state index contributed by atoms with van der Waals surface area (Å²) in [6, 6.07) is 6.40. The molecule has 0 spiro atoms. The second kappa shape index (κ2) is 5.51. The van der Waals surface area contributed by atoms with Crippen LogP contribution in [0.4, 0.5) is 15.8 Å². The molecule has 1 aromatic heterocycles. The van der Waals surface area contributed by atoms with Gasteiger partial charge in [0.05, 0.1) is 17.9 Å². The van der Waals surface area contributed by atoms with E-state index in [4.69, 9.17) is 0 Å². The summed E-state index contributed by atoms with van der Waals surface area (Å²) in [6.07, 6.45) is 1.71. The molecular weight excluding hydrogens is 247 g/mol. The van der Waals surface area contributed by atoms with Gasteiger partial charge in [-0.25, -0.2) is 4.39 Å². The molecule has 100 valence electrons. The first-order valence-electron chi connectivity index (χ1n) is 5.84. The van der Waals surface area contributed by atoms with Gasteiger partial charge < -0.3 is 10.6 Å². The van der Waals surface area contributed by atoms with Gasteiger partial charge in [0.1, 0.15) is 5.82 Å². The fraction of sp³-hybridized carbons (Fsp3) is 0.231. The number of carbonyl (C=O) groups is 1. The van der Waals surface area contributed by atoms with E-state index in [2.05, 4.69) is 15.7 Å². The molecule has 0 aliphatic rings. The molecule has 2 N–H and O–H groups in total. The number of nitrogens with zero attached hydrogens (tertiary/aromatic N) is 2. The van der Waals surface area contributed by atoms with E-state index < -0.39 is 5.82 Å². The fourth-order valence-electron chi connectivity index (χ4n) is 1.69. The molecular formula is C13H15FN4O. The van der Waals surface area contributed by atoms with Crippen LogP contribution >= 0.6 is 0 Å². The summed E-state index contributed by atoms with van der Waals surface area (Å²) in [7, 11) is 1.85. The molecule has 0 aliphatic heterocycles. The summed E-state index contributed by atoms with van der Waals surface area (Å²) in [6.45, 7) is 1.91. The standard InChI is InChI=1S/C13H15FN4O/c1-9(19)17-13-7-10(3-4-12(13)14)15-8-11-5-6-16-18(11)2/h3-7,15H,8H2,1-2H3,(H,17,19). The summed E-state index contributed by atoms with van der Waals surface area (Å²) in [4.78, 5) is 11.0. The first-order valence-corrected chi connectivity index (χ1v) is 5.84. The van der Waals surface area contributed by atoms with Crippen molar-refractivity contribution in [2.45, 2.75) is 13.5 Å². The Morgan fingerprint density at radius 2 is 2.21 bits per heavy atom. The van der Waals surface area contributed by atoms with Crippen molar-refractivity contribution in [3.63, 3.8) is 0 Å². The highest BCUT2D eigenvalue weighted by Gasteiger charge is 2.05. The molecule has 5 nitrogen and oxygen atoms in total. The van der Waals surface area contributed by atoms with Gasteiger partial charge >= 0.3 is 0 Å². The van der Waals surface area contributed by atoms with E-state index in [0.29, 0.717) is 6.54 Å².